The van der Waals surface area contributed by atoms with Crippen molar-refractivity contribution in [1.29, 1.82) is 5.41 Å². The van der Waals surface area contributed by atoms with Crippen LogP contribution in [0.25, 0.3) is 0 Å². The van der Waals surface area contributed by atoms with Crippen LogP contribution >= 0.6 is 0 Å². The maximum atomic E-state index is 12.9. The van der Waals surface area contributed by atoms with Gasteiger partial charge in [0.05, 0.1) is 6.10 Å². The van der Waals surface area contributed by atoms with E-state index in [0.717, 1.165) is 0 Å². The van der Waals surface area contributed by atoms with Crippen molar-refractivity contribution in [3.63, 3.8) is 0 Å². The normalized spacial score (nSPS) is 15.4. The molecule has 0 unspecified atom stereocenters. The zero-order chi connectivity index (χ0) is 28.7. The van der Waals surface area contributed by atoms with Gasteiger partial charge in [-0.1, -0.05) is 31.2 Å². The van der Waals surface area contributed by atoms with Crippen LogP contribution in [0, 0.1) is 11.3 Å². The number of ether oxygens (including phenoxy) is 3. The smallest absolute Gasteiger partial charge is 0.413 e. The number of amides is 2. The average Bonchev–Trinajstić information content (AvgIpc) is 2.80. The Morgan fingerprint density at radius 1 is 0.947 bits per heavy atom. The van der Waals surface area contributed by atoms with Crippen LogP contribution in [0.1, 0.15) is 83.7 Å². The van der Waals surface area contributed by atoms with Crippen LogP contribution in [0.15, 0.2) is 24.3 Å². The summed E-state index contributed by atoms with van der Waals surface area (Å²) < 4.78 is 16.1. The molecule has 2 N–H and O–H groups in total. The third kappa shape index (κ3) is 10.6. The summed E-state index contributed by atoms with van der Waals surface area (Å²) >= 11 is 0. The molecule has 0 aromatic heterocycles. The van der Waals surface area contributed by atoms with E-state index in [4.69, 9.17) is 19.6 Å². The van der Waals surface area contributed by atoms with Crippen LogP contribution in [0.5, 0.6) is 0 Å². The maximum Gasteiger partial charge on any atom is 0.413 e. The number of nitrogens with zero attached hydrogens (tertiary/aromatic N) is 1. The molecule has 1 atom stereocenters. The molecule has 0 spiro atoms. The molecule has 0 radical (unpaired) electrons. The molecule has 1 aromatic carbocycles. The molecule has 38 heavy (non-hydrogen) atoms. The van der Waals surface area contributed by atoms with E-state index in [-0.39, 0.29) is 36.7 Å². The first-order valence-electron chi connectivity index (χ1n) is 12.9. The van der Waals surface area contributed by atoms with Crippen LogP contribution in [0.4, 0.5) is 4.79 Å². The second-order valence-electron chi connectivity index (χ2n) is 11.5. The van der Waals surface area contributed by atoms with Gasteiger partial charge in [0.25, 0.3) is 0 Å². The van der Waals surface area contributed by atoms with Crippen LogP contribution in [0.3, 0.4) is 0 Å². The Labute approximate surface area is 224 Å². The molecule has 1 heterocycles. The number of piperidine rings is 1. The van der Waals surface area contributed by atoms with Crippen molar-refractivity contribution in [2.24, 2.45) is 5.92 Å². The third-order valence-corrected chi connectivity index (χ3v) is 5.65. The zero-order valence-corrected chi connectivity index (χ0v) is 23.5. The SMILES string of the molecule is C[C@H](CC(=O)c1ccc(C(=N)NC(=O)OC(C)(C)C)cc1)C(=O)N1CCC(OCC(=O)OC(C)(C)C)CC1. The van der Waals surface area contributed by atoms with Crippen LogP contribution in [0.2, 0.25) is 0 Å². The molecule has 0 saturated carbocycles. The Morgan fingerprint density at radius 2 is 1.47 bits per heavy atom. The van der Waals surface area contributed by atoms with E-state index in [1.165, 1.54) is 0 Å². The summed E-state index contributed by atoms with van der Waals surface area (Å²) in [6, 6.07) is 6.30. The lowest BCUT2D eigenvalue weighted by molar-refractivity contribution is -0.163. The number of ketones is 1. The van der Waals surface area contributed by atoms with Gasteiger partial charge in [0.15, 0.2) is 5.78 Å². The van der Waals surface area contributed by atoms with Gasteiger partial charge in [-0.15, -0.1) is 0 Å². The third-order valence-electron chi connectivity index (χ3n) is 5.65. The number of benzene rings is 1. The highest BCUT2D eigenvalue weighted by Crippen LogP contribution is 2.19. The number of likely N-dealkylation sites (tertiary alicyclic amines) is 1. The van der Waals surface area contributed by atoms with Gasteiger partial charge in [0.2, 0.25) is 5.91 Å². The summed E-state index contributed by atoms with van der Waals surface area (Å²) in [4.78, 5) is 51.1. The van der Waals surface area contributed by atoms with E-state index in [2.05, 4.69) is 5.32 Å². The molecule has 2 amide bonds. The molecular formula is C28H41N3O7. The highest BCUT2D eigenvalue weighted by atomic mass is 16.6. The fourth-order valence-corrected chi connectivity index (χ4v) is 3.90. The number of alkyl carbamates (subject to hydrolysis) is 1. The summed E-state index contributed by atoms with van der Waals surface area (Å²) in [7, 11) is 0. The number of Topliss-reactive ketones (excluding diaryl/α,β-unsaturated/α-hetero) is 1. The average molecular weight is 532 g/mol. The van der Waals surface area contributed by atoms with Crippen molar-refractivity contribution in [2.75, 3.05) is 19.7 Å². The lowest BCUT2D eigenvalue weighted by atomic mass is 9.96. The predicted molar refractivity (Wildman–Crippen MR) is 142 cm³/mol. The van der Waals surface area contributed by atoms with E-state index >= 15 is 0 Å². The summed E-state index contributed by atoms with van der Waals surface area (Å²) in [5.74, 6) is -1.32. The van der Waals surface area contributed by atoms with E-state index in [0.29, 0.717) is 37.1 Å². The van der Waals surface area contributed by atoms with Crippen molar-refractivity contribution >= 4 is 29.6 Å². The van der Waals surface area contributed by atoms with Gasteiger partial charge in [-0.3, -0.25) is 20.3 Å². The summed E-state index contributed by atoms with van der Waals surface area (Å²) in [6.07, 6.45) is 0.431. The fourth-order valence-electron chi connectivity index (χ4n) is 3.90. The van der Waals surface area contributed by atoms with Gasteiger partial charge in [0, 0.05) is 36.6 Å². The van der Waals surface area contributed by atoms with E-state index < -0.39 is 29.2 Å². The number of hydrogen-bond donors (Lipinski definition) is 2. The lowest BCUT2D eigenvalue weighted by Crippen LogP contribution is -2.44. The molecule has 10 nitrogen and oxygen atoms in total. The van der Waals surface area contributed by atoms with Crippen LogP contribution in [-0.2, 0) is 23.8 Å². The number of carbonyl (C=O) groups excluding carboxylic acids is 4. The molecule has 1 aliphatic rings. The van der Waals surface area contributed by atoms with Gasteiger partial charge in [-0.2, -0.15) is 0 Å². The minimum atomic E-state index is -0.728. The number of hydrogen-bond acceptors (Lipinski definition) is 8. The van der Waals surface area contributed by atoms with Crippen molar-refractivity contribution < 1.29 is 33.4 Å². The number of nitrogens with one attached hydrogen (secondary N) is 2. The first-order chi connectivity index (χ1) is 17.5. The van der Waals surface area contributed by atoms with Crippen LogP contribution in [-0.4, -0.2) is 71.5 Å². The minimum Gasteiger partial charge on any atom is -0.458 e. The zero-order valence-electron chi connectivity index (χ0n) is 23.5. The molecule has 1 aliphatic heterocycles. The standard InChI is InChI=1S/C28H41N3O7/c1-18(25(34)31-14-12-21(13-15-31)36-17-23(33)37-27(2,3)4)16-22(32)19-8-10-20(11-9-19)24(29)30-26(35)38-28(5,6)7/h8-11,18,21H,12-17H2,1-7H3,(H2,29,30,35)/t18-/m1/s1. The number of amidine groups is 1. The Morgan fingerprint density at radius 3 is 2.00 bits per heavy atom. The number of rotatable bonds is 8. The van der Waals surface area contributed by atoms with Crippen molar-refractivity contribution in [3.05, 3.63) is 35.4 Å². The Kier molecular flexibility index (Phi) is 10.6. The Balaban J connectivity index is 1.80. The van der Waals surface area contributed by atoms with Crippen molar-refractivity contribution in [2.45, 2.75) is 85.0 Å². The molecule has 210 valence electrons. The van der Waals surface area contributed by atoms with E-state index in [1.807, 2.05) is 0 Å². The summed E-state index contributed by atoms with van der Waals surface area (Å²) in [6.45, 7) is 13.2. The number of carbonyl (C=O) groups is 4. The van der Waals surface area contributed by atoms with E-state index in [1.54, 1.807) is 77.6 Å². The van der Waals surface area contributed by atoms with Crippen molar-refractivity contribution in [3.8, 4) is 0 Å². The molecular weight excluding hydrogens is 490 g/mol. The summed E-state index contributed by atoms with van der Waals surface area (Å²) in [5, 5.41) is 10.4. The van der Waals surface area contributed by atoms with Gasteiger partial charge >= 0.3 is 12.1 Å². The molecule has 1 fully saturated rings. The molecule has 1 saturated heterocycles. The number of esters is 1. The van der Waals surface area contributed by atoms with Gasteiger partial charge in [-0.25, -0.2) is 9.59 Å². The fraction of sp³-hybridized carbons (Fsp3) is 0.607. The maximum absolute atomic E-state index is 12.9. The Bertz CT molecular complexity index is 1010. The Hall–Kier alpha value is -3.27. The quantitative estimate of drug-likeness (QED) is 0.223. The predicted octanol–water partition coefficient (Wildman–Crippen LogP) is 4.09. The van der Waals surface area contributed by atoms with Gasteiger partial charge < -0.3 is 19.1 Å². The van der Waals surface area contributed by atoms with Crippen LogP contribution < -0.4 is 5.32 Å². The first kappa shape index (κ1) is 31.0. The molecule has 2 rings (SSSR count). The molecule has 0 aliphatic carbocycles. The second-order valence-corrected chi connectivity index (χ2v) is 11.5. The van der Waals surface area contributed by atoms with Crippen molar-refractivity contribution in [1.82, 2.24) is 10.2 Å². The van der Waals surface area contributed by atoms with E-state index in [9.17, 15) is 19.2 Å². The molecule has 10 heteroatoms. The second kappa shape index (κ2) is 13.0. The summed E-state index contributed by atoms with van der Waals surface area (Å²) in [5.41, 5.74) is -0.394. The van der Waals surface area contributed by atoms with Gasteiger partial charge in [-0.05, 0) is 54.4 Å². The minimum absolute atomic E-state index is 0.0564. The largest absolute Gasteiger partial charge is 0.458 e. The monoisotopic (exact) mass is 531 g/mol. The van der Waals surface area contributed by atoms with Gasteiger partial charge in [0.1, 0.15) is 23.6 Å². The first-order valence-corrected chi connectivity index (χ1v) is 12.9. The molecule has 1 aromatic rings. The lowest BCUT2D eigenvalue weighted by Gasteiger charge is -2.33. The highest BCUT2D eigenvalue weighted by Gasteiger charge is 2.28. The topological polar surface area (TPSA) is 135 Å². The highest BCUT2D eigenvalue weighted by molar-refractivity contribution is 6.05. The molecule has 0 bridgehead atoms.